The van der Waals surface area contributed by atoms with Gasteiger partial charge >= 0.3 is 12.0 Å². The summed E-state index contributed by atoms with van der Waals surface area (Å²) in [6.45, 7) is 5.36. The van der Waals surface area contributed by atoms with E-state index in [4.69, 9.17) is 5.11 Å². The quantitative estimate of drug-likeness (QED) is 0.746. The van der Waals surface area contributed by atoms with Gasteiger partial charge in [-0.25, -0.2) is 9.59 Å². The number of carbonyl (C=O) groups is 2. The molecular formula is C12H22N2O3. The van der Waals surface area contributed by atoms with Crippen LogP contribution in [0.2, 0.25) is 0 Å². The first-order valence-corrected chi connectivity index (χ1v) is 6.36. The second kappa shape index (κ2) is 5.89. The van der Waals surface area contributed by atoms with Gasteiger partial charge in [0.2, 0.25) is 0 Å². The highest BCUT2D eigenvalue weighted by atomic mass is 16.4. The first-order valence-electron chi connectivity index (χ1n) is 6.36. The Kier molecular flexibility index (Phi) is 4.78. The normalized spacial score (nSPS) is 17.1. The number of amides is 2. The number of aliphatic carboxylic acids is 1. The minimum Gasteiger partial charge on any atom is -0.480 e. The molecule has 0 atom stereocenters. The fourth-order valence-electron chi connectivity index (χ4n) is 2.06. The molecule has 0 unspecified atom stereocenters. The molecule has 0 aliphatic heterocycles. The lowest BCUT2D eigenvalue weighted by Gasteiger charge is -2.39. The third-order valence-corrected chi connectivity index (χ3v) is 3.24. The van der Waals surface area contributed by atoms with E-state index in [0.717, 1.165) is 19.3 Å². The average Bonchev–Trinajstić information content (AvgIpc) is 2.22. The summed E-state index contributed by atoms with van der Waals surface area (Å²) in [6, 6.07) is -0.240. The van der Waals surface area contributed by atoms with Gasteiger partial charge in [-0.15, -0.1) is 0 Å². The van der Waals surface area contributed by atoms with Crippen LogP contribution in [-0.2, 0) is 4.79 Å². The van der Waals surface area contributed by atoms with Crippen LogP contribution >= 0.6 is 0 Å². The van der Waals surface area contributed by atoms with Gasteiger partial charge in [0, 0.05) is 13.1 Å². The molecule has 98 valence electrons. The van der Waals surface area contributed by atoms with E-state index in [2.05, 4.69) is 5.32 Å². The molecule has 0 radical (unpaired) electrons. The molecule has 1 rings (SSSR count). The zero-order valence-corrected chi connectivity index (χ0v) is 10.7. The van der Waals surface area contributed by atoms with E-state index in [1.165, 1.54) is 0 Å². The van der Waals surface area contributed by atoms with E-state index < -0.39 is 11.5 Å². The summed E-state index contributed by atoms with van der Waals surface area (Å²) >= 11 is 0. The van der Waals surface area contributed by atoms with Crippen molar-refractivity contribution in [3.63, 3.8) is 0 Å². The average molecular weight is 242 g/mol. The molecule has 1 saturated carbocycles. The summed E-state index contributed by atoms with van der Waals surface area (Å²) < 4.78 is 0. The first-order chi connectivity index (χ1) is 8.05. The number of hydrogen-bond donors (Lipinski definition) is 2. The van der Waals surface area contributed by atoms with Crippen molar-refractivity contribution in [2.45, 2.75) is 51.5 Å². The predicted molar refractivity (Wildman–Crippen MR) is 64.9 cm³/mol. The molecule has 0 bridgehead atoms. The zero-order valence-electron chi connectivity index (χ0n) is 10.7. The Hall–Kier alpha value is -1.26. The Labute approximate surface area is 102 Å². The van der Waals surface area contributed by atoms with Gasteiger partial charge in [0.05, 0.1) is 0 Å². The Morgan fingerprint density at radius 1 is 1.24 bits per heavy atom. The Morgan fingerprint density at radius 2 is 1.76 bits per heavy atom. The van der Waals surface area contributed by atoms with Gasteiger partial charge in [-0.3, -0.25) is 0 Å². The Balaban J connectivity index is 2.59. The monoisotopic (exact) mass is 242 g/mol. The van der Waals surface area contributed by atoms with Crippen molar-refractivity contribution in [2.75, 3.05) is 13.1 Å². The molecule has 17 heavy (non-hydrogen) atoms. The number of carboxylic acids is 1. The van der Waals surface area contributed by atoms with Crippen molar-refractivity contribution >= 4 is 12.0 Å². The first kappa shape index (κ1) is 13.8. The number of carbonyl (C=O) groups excluding carboxylic acids is 1. The molecule has 1 aliphatic carbocycles. The fourth-order valence-corrected chi connectivity index (χ4v) is 2.06. The molecule has 2 amide bonds. The number of urea groups is 1. The highest BCUT2D eigenvalue weighted by Crippen LogP contribution is 2.32. The van der Waals surface area contributed by atoms with Gasteiger partial charge in [-0.1, -0.05) is 13.8 Å². The van der Waals surface area contributed by atoms with E-state index in [-0.39, 0.29) is 6.03 Å². The van der Waals surface area contributed by atoms with Gasteiger partial charge in [0.25, 0.3) is 0 Å². The van der Waals surface area contributed by atoms with Crippen LogP contribution in [0.1, 0.15) is 46.0 Å². The van der Waals surface area contributed by atoms with Crippen LogP contribution < -0.4 is 5.32 Å². The summed E-state index contributed by atoms with van der Waals surface area (Å²) in [4.78, 5) is 24.8. The van der Waals surface area contributed by atoms with Crippen LogP contribution in [0.3, 0.4) is 0 Å². The van der Waals surface area contributed by atoms with Crippen molar-refractivity contribution in [3.8, 4) is 0 Å². The molecule has 0 spiro atoms. The van der Waals surface area contributed by atoms with Gasteiger partial charge in [0.15, 0.2) is 0 Å². The molecule has 1 aliphatic rings. The zero-order chi connectivity index (χ0) is 12.9. The summed E-state index contributed by atoms with van der Waals surface area (Å²) in [7, 11) is 0. The second-order valence-electron chi connectivity index (χ2n) is 4.66. The predicted octanol–water partition coefficient (Wildman–Crippen LogP) is 1.83. The SMILES string of the molecule is CCCN(CCC)C(=O)NC1(C(=O)O)CCC1. The third-order valence-electron chi connectivity index (χ3n) is 3.24. The standard InChI is InChI=1S/C12H22N2O3/c1-3-8-14(9-4-2)11(17)13-12(10(15)16)6-5-7-12/h3-9H2,1-2H3,(H,13,17)(H,15,16). The molecule has 5 nitrogen and oxygen atoms in total. The lowest BCUT2D eigenvalue weighted by molar-refractivity contribution is -0.148. The van der Waals surface area contributed by atoms with Gasteiger partial charge in [-0.05, 0) is 32.1 Å². The minimum absolute atomic E-state index is 0.240. The van der Waals surface area contributed by atoms with Crippen LogP contribution in [0.5, 0.6) is 0 Å². The van der Waals surface area contributed by atoms with Crippen LogP contribution in [-0.4, -0.2) is 40.6 Å². The number of nitrogens with zero attached hydrogens (tertiary/aromatic N) is 1. The molecule has 2 N–H and O–H groups in total. The number of nitrogens with one attached hydrogen (secondary N) is 1. The van der Waals surface area contributed by atoms with Crippen LogP contribution in [0, 0.1) is 0 Å². The largest absolute Gasteiger partial charge is 0.480 e. The molecular weight excluding hydrogens is 220 g/mol. The minimum atomic E-state index is -1.00. The van der Waals surface area contributed by atoms with Crippen LogP contribution in [0.15, 0.2) is 0 Å². The summed E-state index contributed by atoms with van der Waals surface area (Å²) in [5, 5.41) is 11.8. The second-order valence-corrected chi connectivity index (χ2v) is 4.66. The fraction of sp³-hybridized carbons (Fsp3) is 0.833. The topological polar surface area (TPSA) is 69.6 Å². The van der Waals surface area contributed by atoms with Gasteiger partial charge in [0.1, 0.15) is 5.54 Å². The van der Waals surface area contributed by atoms with Crippen molar-refractivity contribution in [1.82, 2.24) is 10.2 Å². The van der Waals surface area contributed by atoms with Crippen molar-refractivity contribution in [3.05, 3.63) is 0 Å². The van der Waals surface area contributed by atoms with Gasteiger partial charge < -0.3 is 15.3 Å². The van der Waals surface area contributed by atoms with Gasteiger partial charge in [-0.2, -0.15) is 0 Å². The lowest BCUT2D eigenvalue weighted by Crippen LogP contribution is -2.61. The smallest absolute Gasteiger partial charge is 0.329 e. The van der Waals surface area contributed by atoms with E-state index in [9.17, 15) is 9.59 Å². The Morgan fingerprint density at radius 3 is 2.06 bits per heavy atom. The molecule has 0 aromatic heterocycles. The maximum atomic E-state index is 12.0. The molecule has 1 fully saturated rings. The maximum absolute atomic E-state index is 12.0. The summed E-state index contributed by atoms with van der Waals surface area (Å²) in [5.74, 6) is -0.912. The van der Waals surface area contributed by atoms with E-state index >= 15 is 0 Å². The maximum Gasteiger partial charge on any atom is 0.329 e. The summed E-state index contributed by atoms with van der Waals surface area (Å²) in [5.41, 5.74) is -1.00. The van der Waals surface area contributed by atoms with Crippen molar-refractivity contribution in [1.29, 1.82) is 0 Å². The number of rotatable bonds is 6. The molecule has 0 aromatic rings. The van der Waals surface area contributed by atoms with E-state index in [1.807, 2.05) is 13.8 Å². The molecule has 5 heteroatoms. The molecule has 0 aromatic carbocycles. The van der Waals surface area contributed by atoms with E-state index in [1.54, 1.807) is 4.90 Å². The number of carboxylic acid groups (broad SMARTS) is 1. The Bertz CT molecular complexity index is 281. The highest BCUT2D eigenvalue weighted by Gasteiger charge is 2.46. The van der Waals surface area contributed by atoms with Crippen molar-refractivity contribution < 1.29 is 14.7 Å². The number of hydrogen-bond acceptors (Lipinski definition) is 2. The lowest BCUT2D eigenvalue weighted by atomic mass is 9.77. The third kappa shape index (κ3) is 3.11. The summed E-state index contributed by atoms with van der Waals surface area (Å²) in [6.07, 6.45) is 3.72. The van der Waals surface area contributed by atoms with Crippen molar-refractivity contribution in [2.24, 2.45) is 0 Å². The highest BCUT2D eigenvalue weighted by molar-refractivity contribution is 5.87. The van der Waals surface area contributed by atoms with Crippen LogP contribution in [0.4, 0.5) is 4.79 Å². The molecule has 0 saturated heterocycles. The van der Waals surface area contributed by atoms with Crippen LogP contribution in [0.25, 0.3) is 0 Å². The molecule has 0 heterocycles. The van der Waals surface area contributed by atoms with E-state index in [0.29, 0.717) is 25.9 Å².